The maximum absolute atomic E-state index is 13.2. The molecule has 1 aromatic carbocycles. The third-order valence-corrected chi connectivity index (χ3v) is 4.53. The second-order valence-corrected chi connectivity index (χ2v) is 6.13. The molecule has 2 aliphatic heterocycles. The first-order chi connectivity index (χ1) is 12.1. The fourth-order valence-corrected chi connectivity index (χ4v) is 3.31. The number of piperazine rings is 1. The monoisotopic (exact) mass is 377 g/mol. The van der Waals surface area contributed by atoms with E-state index in [1.165, 1.54) is 0 Å². The minimum absolute atomic E-state index is 0. The minimum Gasteiger partial charge on any atom is -0.481 e. The highest BCUT2D eigenvalue weighted by Crippen LogP contribution is 2.34. The number of hydrogen-bond acceptors (Lipinski definition) is 5. The van der Waals surface area contributed by atoms with Crippen molar-refractivity contribution in [3.8, 4) is 5.75 Å². The van der Waals surface area contributed by atoms with E-state index in [1.807, 2.05) is 22.7 Å². The van der Waals surface area contributed by atoms with Crippen LogP contribution in [0.5, 0.6) is 5.75 Å². The van der Waals surface area contributed by atoms with Gasteiger partial charge in [-0.05, 0) is 12.1 Å². The molecule has 0 saturated carbocycles. The highest BCUT2D eigenvalue weighted by Gasteiger charge is 2.33. The summed E-state index contributed by atoms with van der Waals surface area (Å²) in [4.78, 5) is 31.0. The van der Waals surface area contributed by atoms with Crippen molar-refractivity contribution in [2.24, 2.45) is 7.05 Å². The van der Waals surface area contributed by atoms with Crippen LogP contribution in [0.15, 0.2) is 30.6 Å². The van der Waals surface area contributed by atoms with Crippen molar-refractivity contribution >= 4 is 29.9 Å². The first-order valence-electron chi connectivity index (χ1n) is 8.19. The Kier molecular flexibility index (Phi) is 5.15. The number of benzene rings is 1. The van der Waals surface area contributed by atoms with E-state index >= 15 is 0 Å². The van der Waals surface area contributed by atoms with Gasteiger partial charge in [0.05, 0.1) is 11.3 Å². The Balaban J connectivity index is 0.00000196. The Bertz CT molecular complexity index is 838. The molecule has 2 N–H and O–H groups in total. The molecule has 2 aromatic rings. The lowest BCUT2D eigenvalue weighted by atomic mass is 10.1. The summed E-state index contributed by atoms with van der Waals surface area (Å²) >= 11 is 0. The minimum atomic E-state index is -0.217. The Hall–Kier alpha value is -2.58. The van der Waals surface area contributed by atoms with E-state index in [-0.39, 0.29) is 36.9 Å². The number of carbonyl (C=O) groups excluding carboxylic acids is 2. The van der Waals surface area contributed by atoms with E-state index in [1.54, 1.807) is 24.4 Å². The normalized spacial score (nSPS) is 19.0. The topological polar surface area (TPSA) is 88.5 Å². The van der Waals surface area contributed by atoms with Crippen LogP contribution in [0.3, 0.4) is 0 Å². The summed E-state index contributed by atoms with van der Waals surface area (Å²) in [5, 5.41) is 6.06. The van der Waals surface area contributed by atoms with Gasteiger partial charge in [0, 0.05) is 39.1 Å². The van der Waals surface area contributed by atoms with Gasteiger partial charge in [0.15, 0.2) is 12.4 Å². The zero-order valence-electron chi connectivity index (χ0n) is 14.3. The fraction of sp³-hybridized carbons (Fsp3) is 0.353. The molecule has 2 aliphatic rings. The summed E-state index contributed by atoms with van der Waals surface area (Å²) in [5.41, 5.74) is 0.990. The lowest BCUT2D eigenvalue weighted by Crippen LogP contribution is -2.49. The highest BCUT2D eigenvalue weighted by molar-refractivity contribution is 6.03. The summed E-state index contributed by atoms with van der Waals surface area (Å²) in [6.07, 6.45) is 3.60. The molecular weight excluding hydrogens is 358 g/mol. The number of nitrogens with zero attached hydrogens (tertiary/aromatic N) is 3. The van der Waals surface area contributed by atoms with Crippen molar-refractivity contribution in [3.05, 3.63) is 42.0 Å². The van der Waals surface area contributed by atoms with Crippen LogP contribution >= 0.6 is 12.4 Å². The number of imidazole rings is 1. The quantitative estimate of drug-likeness (QED) is 0.813. The number of anilines is 1. The summed E-state index contributed by atoms with van der Waals surface area (Å²) in [5.74, 6) is 0.927. The predicted molar refractivity (Wildman–Crippen MR) is 97.7 cm³/mol. The molecule has 2 amide bonds. The number of rotatable bonds is 2. The lowest BCUT2D eigenvalue weighted by Gasteiger charge is -2.36. The van der Waals surface area contributed by atoms with E-state index < -0.39 is 0 Å². The van der Waals surface area contributed by atoms with Gasteiger partial charge in [-0.3, -0.25) is 9.59 Å². The van der Waals surface area contributed by atoms with Crippen molar-refractivity contribution in [2.75, 3.05) is 31.6 Å². The van der Waals surface area contributed by atoms with Crippen molar-refractivity contribution < 1.29 is 14.3 Å². The van der Waals surface area contributed by atoms with Crippen LogP contribution in [0.1, 0.15) is 22.2 Å². The van der Waals surface area contributed by atoms with Gasteiger partial charge in [-0.1, -0.05) is 6.07 Å². The summed E-state index contributed by atoms with van der Waals surface area (Å²) in [7, 11) is 1.92. The van der Waals surface area contributed by atoms with E-state index in [0.717, 1.165) is 12.4 Å². The smallest absolute Gasteiger partial charge is 0.262 e. The number of fused-ring (bicyclic) bond motifs is 1. The number of ether oxygens (including phenoxy) is 1. The molecule has 1 aromatic heterocycles. The van der Waals surface area contributed by atoms with Crippen LogP contribution in [-0.4, -0.2) is 52.5 Å². The number of halogens is 1. The Labute approximate surface area is 156 Å². The van der Waals surface area contributed by atoms with Gasteiger partial charge >= 0.3 is 0 Å². The van der Waals surface area contributed by atoms with Crippen LogP contribution in [-0.2, 0) is 11.8 Å². The molecule has 9 heteroatoms. The molecular formula is C17H20ClN5O3. The molecule has 1 unspecified atom stereocenters. The third-order valence-electron chi connectivity index (χ3n) is 4.53. The highest BCUT2D eigenvalue weighted by atomic mass is 35.5. The zero-order chi connectivity index (χ0) is 17.4. The van der Waals surface area contributed by atoms with Crippen LogP contribution in [0.25, 0.3) is 0 Å². The van der Waals surface area contributed by atoms with Gasteiger partial charge in [0.25, 0.3) is 11.8 Å². The number of aryl methyl sites for hydroxylation is 1. The summed E-state index contributed by atoms with van der Waals surface area (Å²) in [6.45, 7) is 1.86. The largest absolute Gasteiger partial charge is 0.481 e. The van der Waals surface area contributed by atoms with Gasteiger partial charge in [0.1, 0.15) is 11.9 Å². The van der Waals surface area contributed by atoms with E-state index in [4.69, 9.17) is 4.74 Å². The van der Waals surface area contributed by atoms with Crippen molar-refractivity contribution in [3.63, 3.8) is 0 Å². The van der Waals surface area contributed by atoms with Crippen LogP contribution in [0, 0.1) is 0 Å². The molecule has 138 valence electrons. The molecule has 0 aliphatic carbocycles. The maximum Gasteiger partial charge on any atom is 0.262 e. The number of para-hydroxylation sites is 1. The number of amides is 2. The SMILES string of the molecule is Cl.Cn1ccnc1C1CNCCN1C(=O)c1cccc2c1OCC(=O)N2. The first-order valence-corrected chi connectivity index (χ1v) is 8.19. The number of hydrogen-bond donors (Lipinski definition) is 2. The first kappa shape index (κ1) is 18.2. The number of nitrogens with one attached hydrogen (secondary N) is 2. The molecule has 0 radical (unpaired) electrons. The fourth-order valence-electron chi connectivity index (χ4n) is 3.31. The van der Waals surface area contributed by atoms with Crippen LogP contribution < -0.4 is 15.4 Å². The Morgan fingerprint density at radius 2 is 2.23 bits per heavy atom. The maximum atomic E-state index is 13.2. The summed E-state index contributed by atoms with van der Waals surface area (Å²) < 4.78 is 7.46. The molecule has 4 rings (SSSR count). The average molecular weight is 378 g/mol. The second-order valence-electron chi connectivity index (χ2n) is 6.13. The standard InChI is InChI=1S/C17H19N5O3.ClH/c1-21-7-6-19-16(21)13-9-18-5-8-22(13)17(24)11-3-2-4-12-15(11)25-10-14(23)20-12;/h2-4,6-7,13,18H,5,8-10H2,1H3,(H,20,23);1H. The van der Waals surface area contributed by atoms with Gasteiger partial charge in [0.2, 0.25) is 0 Å². The van der Waals surface area contributed by atoms with E-state index in [0.29, 0.717) is 30.1 Å². The van der Waals surface area contributed by atoms with E-state index in [2.05, 4.69) is 15.6 Å². The van der Waals surface area contributed by atoms with Crippen molar-refractivity contribution in [1.29, 1.82) is 0 Å². The number of carbonyl (C=O) groups is 2. The second kappa shape index (κ2) is 7.35. The third kappa shape index (κ3) is 3.13. The molecule has 0 spiro atoms. The molecule has 3 heterocycles. The van der Waals surface area contributed by atoms with Crippen molar-refractivity contribution in [1.82, 2.24) is 19.8 Å². The molecule has 1 saturated heterocycles. The Morgan fingerprint density at radius 3 is 3.00 bits per heavy atom. The van der Waals surface area contributed by atoms with Crippen LogP contribution in [0.2, 0.25) is 0 Å². The average Bonchev–Trinajstić information content (AvgIpc) is 3.06. The molecule has 0 bridgehead atoms. The van der Waals surface area contributed by atoms with Crippen LogP contribution in [0.4, 0.5) is 5.69 Å². The van der Waals surface area contributed by atoms with Gasteiger partial charge < -0.3 is 24.8 Å². The van der Waals surface area contributed by atoms with E-state index in [9.17, 15) is 9.59 Å². The molecule has 1 atom stereocenters. The summed E-state index contributed by atoms with van der Waals surface area (Å²) in [6, 6.07) is 5.06. The van der Waals surface area contributed by atoms with Gasteiger partial charge in [-0.2, -0.15) is 0 Å². The van der Waals surface area contributed by atoms with Gasteiger partial charge in [-0.25, -0.2) is 4.98 Å². The molecule has 26 heavy (non-hydrogen) atoms. The predicted octanol–water partition coefficient (Wildman–Crippen LogP) is 0.960. The lowest BCUT2D eigenvalue weighted by molar-refractivity contribution is -0.118. The Morgan fingerprint density at radius 1 is 1.38 bits per heavy atom. The molecule has 1 fully saturated rings. The molecule has 8 nitrogen and oxygen atoms in total. The number of aromatic nitrogens is 2. The zero-order valence-corrected chi connectivity index (χ0v) is 15.1. The van der Waals surface area contributed by atoms with Gasteiger partial charge in [-0.15, -0.1) is 12.4 Å². The van der Waals surface area contributed by atoms with Crippen molar-refractivity contribution in [2.45, 2.75) is 6.04 Å².